The smallest absolute Gasteiger partial charge is 0.0977 e. The van der Waals surface area contributed by atoms with Gasteiger partial charge >= 0.3 is 0 Å². The zero-order chi connectivity index (χ0) is 8.39. The molecule has 1 aromatic heterocycles. The van der Waals surface area contributed by atoms with Crippen molar-refractivity contribution in [1.29, 1.82) is 0 Å². The summed E-state index contributed by atoms with van der Waals surface area (Å²) >= 11 is 0. The summed E-state index contributed by atoms with van der Waals surface area (Å²) < 4.78 is 5.02. The number of furan rings is 1. The van der Waals surface area contributed by atoms with Crippen LogP contribution < -0.4 is 5.73 Å². The molecule has 2 rings (SSSR count). The highest BCUT2D eigenvalue weighted by Gasteiger charge is 2.11. The van der Waals surface area contributed by atoms with E-state index in [1.54, 1.807) is 12.5 Å². The zero-order valence-electron chi connectivity index (χ0n) is 6.99. The minimum atomic E-state index is 0.362. The topological polar surface area (TPSA) is 39.2 Å². The van der Waals surface area contributed by atoms with Crippen LogP contribution >= 0.6 is 0 Å². The van der Waals surface area contributed by atoms with Crippen LogP contribution in [0.5, 0.6) is 0 Å². The van der Waals surface area contributed by atoms with E-state index in [-0.39, 0.29) is 0 Å². The molecule has 12 heavy (non-hydrogen) atoms. The van der Waals surface area contributed by atoms with Crippen LogP contribution in [0, 0.1) is 0 Å². The van der Waals surface area contributed by atoms with Crippen LogP contribution in [0.3, 0.4) is 0 Å². The molecular weight excluding hydrogens is 150 g/mol. The Morgan fingerprint density at radius 2 is 2.42 bits per heavy atom. The van der Waals surface area contributed by atoms with Gasteiger partial charge in [0.15, 0.2) is 0 Å². The molecule has 0 bridgehead atoms. The number of nitrogens with two attached hydrogens (primary N) is 1. The van der Waals surface area contributed by atoms with E-state index in [1.165, 1.54) is 11.1 Å². The molecule has 2 N–H and O–H groups in total. The molecule has 0 saturated carbocycles. The van der Waals surface area contributed by atoms with Gasteiger partial charge in [-0.05, 0) is 30.9 Å². The predicted octanol–water partition coefficient (Wildman–Crippen LogP) is 2.17. The van der Waals surface area contributed by atoms with E-state index in [0.29, 0.717) is 6.04 Å². The standard InChI is InChI=1S/C10H13NO/c11-10-3-1-8(2-4-10)9-5-6-12-7-9/h1,5-7,10H,2-4,11H2. The fourth-order valence-electron chi connectivity index (χ4n) is 1.56. The van der Waals surface area contributed by atoms with Gasteiger partial charge in [-0.25, -0.2) is 0 Å². The summed E-state index contributed by atoms with van der Waals surface area (Å²) in [6.45, 7) is 0. The van der Waals surface area contributed by atoms with Gasteiger partial charge in [0.1, 0.15) is 0 Å². The molecule has 0 amide bonds. The molecule has 2 nitrogen and oxygen atoms in total. The third-order valence-corrected chi connectivity index (χ3v) is 2.34. The summed E-state index contributed by atoms with van der Waals surface area (Å²) in [6, 6.07) is 2.36. The first-order valence-electron chi connectivity index (χ1n) is 4.33. The lowest BCUT2D eigenvalue weighted by molar-refractivity contribution is 0.565. The molecule has 0 fully saturated rings. The zero-order valence-corrected chi connectivity index (χ0v) is 6.99. The van der Waals surface area contributed by atoms with Gasteiger partial charge in [0.25, 0.3) is 0 Å². The molecule has 64 valence electrons. The van der Waals surface area contributed by atoms with Crippen molar-refractivity contribution >= 4 is 5.57 Å². The van der Waals surface area contributed by atoms with Crippen LogP contribution in [-0.2, 0) is 0 Å². The SMILES string of the molecule is NC1CC=C(c2ccoc2)CC1. The lowest BCUT2D eigenvalue weighted by atomic mass is 9.93. The fourth-order valence-corrected chi connectivity index (χ4v) is 1.56. The highest BCUT2D eigenvalue weighted by molar-refractivity contribution is 5.65. The van der Waals surface area contributed by atoms with Crippen molar-refractivity contribution in [2.24, 2.45) is 5.73 Å². The van der Waals surface area contributed by atoms with Crippen LogP contribution in [-0.4, -0.2) is 6.04 Å². The van der Waals surface area contributed by atoms with E-state index in [4.69, 9.17) is 10.2 Å². The summed E-state index contributed by atoms with van der Waals surface area (Å²) in [4.78, 5) is 0. The van der Waals surface area contributed by atoms with Crippen LogP contribution in [0.2, 0.25) is 0 Å². The normalized spacial score (nSPS) is 23.8. The number of hydrogen-bond acceptors (Lipinski definition) is 2. The second kappa shape index (κ2) is 3.15. The van der Waals surface area contributed by atoms with E-state index in [1.807, 2.05) is 6.07 Å². The Kier molecular flexibility index (Phi) is 2.00. The second-order valence-electron chi connectivity index (χ2n) is 3.28. The van der Waals surface area contributed by atoms with Crippen molar-refractivity contribution < 1.29 is 4.42 Å². The van der Waals surface area contributed by atoms with Crippen LogP contribution in [0.25, 0.3) is 5.57 Å². The first-order chi connectivity index (χ1) is 5.86. The van der Waals surface area contributed by atoms with Crippen molar-refractivity contribution in [3.8, 4) is 0 Å². The van der Waals surface area contributed by atoms with Crippen LogP contribution in [0.1, 0.15) is 24.8 Å². The van der Waals surface area contributed by atoms with Gasteiger partial charge in [0, 0.05) is 11.6 Å². The van der Waals surface area contributed by atoms with E-state index >= 15 is 0 Å². The summed E-state index contributed by atoms with van der Waals surface area (Å²) in [5.41, 5.74) is 8.37. The van der Waals surface area contributed by atoms with Gasteiger partial charge in [-0.15, -0.1) is 0 Å². The lowest BCUT2D eigenvalue weighted by Gasteiger charge is -2.16. The number of allylic oxidation sites excluding steroid dienone is 1. The maximum Gasteiger partial charge on any atom is 0.0977 e. The Balaban J connectivity index is 2.16. The Hall–Kier alpha value is -1.02. The van der Waals surface area contributed by atoms with Crippen LogP contribution in [0.15, 0.2) is 29.1 Å². The van der Waals surface area contributed by atoms with Crippen LogP contribution in [0.4, 0.5) is 0 Å². The molecule has 0 spiro atoms. The highest BCUT2D eigenvalue weighted by atomic mass is 16.3. The van der Waals surface area contributed by atoms with Gasteiger partial charge in [0.2, 0.25) is 0 Å². The third-order valence-electron chi connectivity index (χ3n) is 2.34. The van der Waals surface area contributed by atoms with Gasteiger partial charge in [-0.1, -0.05) is 6.08 Å². The lowest BCUT2D eigenvalue weighted by Crippen LogP contribution is -2.21. The highest BCUT2D eigenvalue weighted by Crippen LogP contribution is 2.26. The Morgan fingerprint density at radius 3 is 3.00 bits per heavy atom. The van der Waals surface area contributed by atoms with Crippen molar-refractivity contribution in [3.63, 3.8) is 0 Å². The minimum Gasteiger partial charge on any atom is -0.472 e. The molecule has 0 aromatic carbocycles. The Morgan fingerprint density at radius 1 is 1.50 bits per heavy atom. The van der Waals surface area contributed by atoms with Gasteiger partial charge < -0.3 is 10.2 Å². The second-order valence-corrected chi connectivity index (χ2v) is 3.28. The van der Waals surface area contributed by atoms with Crippen molar-refractivity contribution in [3.05, 3.63) is 30.2 Å². The molecule has 1 atom stereocenters. The maximum atomic E-state index is 5.78. The number of rotatable bonds is 1. The first kappa shape index (κ1) is 7.62. The van der Waals surface area contributed by atoms with E-state index in [2.05, 4.69) is 6.08 Å². The maximum absolute atomic E-state index is 5.78. The van der Waals surface area contributed by atoms with Gasteiger partial charge in [-0.2, -0.15) is 0 Å². The van der Waals surface area contributed by atoms with Gasteiger partial charge in [-0.3, -0.25) is 0 Å². The minimum absolute atomic E-state index is 0.362. The van der Waals surface area contributed by atoms with Gasteiger partial charge in [0.05, 0.1) is 12.5 Å². The van der Waals surface area contributed by atoms with E-state index in [9.17, 15) is 0 Å². The fraction of sp³-hybridized carbons (Fsp3) is 0.400. The Labute approximate surface area is 72.1 Å². The predicted molar refractivity (Wildman–Crippen MR) is 48.5 cm³/mol. The Bertz CT molecular complexity index is 274. The monoisotopic (exact) mass is 163 g/mol. The first-order valence-corrected chi connectivity index (χ1v) is 4.33. The average molecular weight is 163 g/mol. The quantitative estimate of drug-likeness (QED) is 0.689. The molecule has 1 aliphatic rings. The summed E-state index contributed by atoms with van der Waals surface area (Å²) in [7, 11) is 0. The molecule has 0 saturated heterocycles. The molecule has 1 heterocycles. The van der Waals surface area contributed by atoms with Crippen molar-refractivity contribution in [1.82, 2.24) is 0 Å². The van der Waals surface area contributed by atoms with Crippen molar-refractivity contribution in [2.75, 3.05) is 0 Å². The van der Waals surface area contributed by atoms with Crippen molar-refractivity contribution in [2.45, 2.75) is 25.3 Å². The molecule has 0 radical (unpaired) electrons. The van der Waals surface area contributed by atoms with E-state index < -0.39 is 0 Å². The largest absolute Gasteiger partial charge is 0.472 e. The molecule has 1 unspecified atom stereocenters. The summed E-state index contributed by atoms with van der Waals surface area (Å²) in [5.74, 6) is 0. The molecular formula is C10H13NO. The molecule has 1 aliphatic carbocycles. The third kappa shape index (κ3) is 1.43. The molecule has 0 aliphatic heterocycles. The summed E-state index contributed by atoms with van der Waals surface area (Å²) in [5, 5.41) is 0. The molecule has 1 aromatic rings. The molecule has 2 heteroatoms. The van der Waals surface area contributed by atoms with E-state index in [0.717, 1.165) is 19.3 Å². The average Bonchev–Trinajstić information content (AvgIpc) is 2.58. The summed E-state index contributed by atoms with van der Waals surface area (Å²) in [6.07, 6.45) is 8.91. The number of hydrogen-bond donors (Lipinski definition) is 1.